The van der Waals surface area contributed by atoms with Crippen LogP contribution in [0.25, 0.3) is 0 Å². The number of hydrogen-bond acceptors (Lipinski definition) is 5. The highest BCUT2D eigenvalue weighted by molar-refractivity contribution is 7.15. The predicted octanol–water partition coefficient (Wildman–Crippen LogP) is 2.66. The lowest BCUT2D eigenvalue weighted by Gasteiger charge is -2.26. The molecule has 3 rings (SSSR count). The van der Waals surface area contributed by atoms with Crippen molar-refractivity contribution in [2.45, 2.75) is 51.6 Å². The Hall–Kier alpha value is -0.650. The van der Waals surface area contributed by atoms with E-state index in [4.69, 9.17) is 4.98 Å². The van der Waals surface area contributed by atoms with Crippen LogP contribution in [0.5, 0.6) is 0 Å². The van der Waals surface area contributed by atoms with Gasteiger partial charge in [-0.15, -0.1) is 11.3 Å². The highest BCUT2D eigenvalue weighted by atomic mass is 32.1. The summed E-state index contributed by atoms with van der Waals surface area (Å²) in [5, 5.41) is 4.69. The summed E-state index contributed by atoms with van der Waals surface area (Å²) in [4.78, 5) is 11.6. The average molecular weight is 308 g/mol. The molecular formula is C16H28N4S. The molecule has 0 amide bonds. The maximum atomic E-state index is 4.99. The molecule has 1 aliphatic carbocycles. The van der Waals surface area contributed by atoms with Crippen LogP contribution < -0.4 is 10.2 Å². The first-order valence-electron chi connectivity index (χ1n) is 8.42. The number of rotatable bonds is 5. The van der Waals surface area contributed by atoms with Crippen LogP contribution in [-0.2, 0) is 6.42 Å². The van der Waals surface area contributed by atoms with E-state index in [1.54, 1.807) is 0 Å². The highest BCUT2D eigenvalue weighted by Gasteiger charge is 2.30. The second-order valence-corrected chi connectivity index (χ2v) is 7.21. The molecule has 1 saturated heterocycles. The van der Waals surface area contributed by atoms with E-state index in [0.717, 1.165) is 26.2 Å². The van der Waals surface area contributed by atoms with Crippen LogP contribution in [0.15, 0.2) is 0 Å². The Bertz CT molecular complexity index is 469. The molecule has 0 spiro atoms. The van der Waals surface area contributed by atoms with Crippen molar-refractivity contribution < 1.29 is 0 Å². The third kappa shape index (κ3) is 2.96. The number of aromatic nitrogens is 1. The lowest BCUT2D eigenvalue weighted by atomic mass is 9.98. The van der Waals surface area contributed by atoms with Gasteiger partial charge in [0.05, 0.1) is 11.7 Å². The smallest absolute Gasteiger partial charge is 0.185 e. The van der Waals surface area contributed by atoms with Crippen LogP contribution in [0.2, 0.25) is 0 Å². The van der Waals surface area contributed by atoms with E-state index >= 15 is 0 Å². The van der Waals surface area contributed by atoms with E-state index < -0.39 is 0 Å². The summed E-state index contributed by atoms with van der Waals surface area (Å²) in [6, 6.07) is 1.18. The van der Waals surface area contributed by atoms with Crippen molar-refractivity contribution in [2.75, 3.05) is 38.1 Å². The molecule has 2 atom stereocenters. The molecule has 4 nitrogen and oxygen atoms in total. The molecule has 118 valence electrons. The molecule has 0 saturated carbocycles. The number of hydrogen-bond donors (Lipinski definition) is 1. The van der Waals surface area contributed by atoms with E-state index in [0.29, 0.717) is 12.1 Å². The predicted molar refractivity (Wildman–Crippen MR) is 90.4 cm³/mol. The molecule has 21 heavy (non-hydrogen) atoms. The molecule has 1 N–H and O–H groups in total. The van der Waals surface area contributed by atoms with Crippen molar-refractivity contribution >= 4 is 16.5 Å². The number of thiazole rings is 1. The van der Waals surface area contributed by atoms with Crippen LogP contribution >= 0.6 is 11.3 Å². The maximum Gasteiger partial charge on any atom is 0.185 e. The SMILES string of the molecule is CCN(CC)C1CCN(c2nc3c(s2)CCCC3NC)C1. The molecule has 1 fully saturated rings. The number of nitrogens with one attached hydrogen (secondary N) is 1. The number of aryl methyl sites for hydroxylation is 1. The van der Waals surface area contributed by atoms with Gasteiger partial charge in [-0.25, -0.2) is 4.98 Å². The van der Waals surface area contributed by atoms with Gasteiger partial charge in [0.1, 0.15) is 0 Å². The van der Waals surface area contributed by atoms with E-state index in [2.05, 4.69) is 36.0 Å². The van der Waals surface area contributed by atoms with Crippen molar-refractivity contribution in [1.82, 2.24) is 15.2 Å². The Morgan fingerprint density at radius 2 is 2.14 bits per heavy atom. The summed E-state index contributed by atoms with van der Waals surface area (Å²) in [5.74, 6) is 0. The van der Waals surface area contributed by atoms with Crippen LogP contribution in [0, 0.1) is 0 Å². The Balaban J connectivity index is 1.72. The minimum Gasteiger partial charge on any atom is -0.346 e. The zero-order chi connectivity index (χ0) is 14.8. The summed E-state index contributed by atoms with van der Waals surface area (Å²) >= 11 is 1.94. The minimum atomic E-state index is 0.472. The van der Waals surface area contributed by atoms with Crippen molar-refractivity contribution in [3.8, 4) is 0 Å². The van der Waals surface area contributed by atoms with Crippen molar-refractivity contribution in [3.63, 3.8) is 0 Å². The molecule has 1 aromatic rings. The lowest BCUT2D eigenvalue weighted by Crippen LogP contribution is -2.37. The largest absolute Gasteiger partial charge is 0.346 e. The molecule has 2 unspecified atom stereocenters. The maximum absolute atomic E-state index is 4.99. The molecule has 5 heteroatoms. The third-order valence-electron chi connectivity index (χ3n) is 5.05. The number of likely N-dealkylation sites (N-methyl/N-ethyl adjacent to an activating group) is 1. The van der Waals surface area contributed by atoms with Crippen LogP contribution in [0.1, 0.15) is 49.7 Å². The first kappa shape index (κ1) is 15.3. The van der Waals surface area contributed by atoms with Crippen molar-refractivity contribution in [3.05, 3.63) is 10.6 Å². The van der Waals surface area contributed by atoms with Gasteiger partial charge in [-0.3, -0.25) is 4.90 Å². The van der Waals surface area contributed by atoms with Crippen molar-refractivity contribution in [1.29, 1.82) is 0 Å². The first-order chi connectivity index (χ1) is 10.3. The molecule has 2 heterocycles. The van der Waals surface area contributed by atoms with Gasteiger partial charge in [-0.1, -0.05) is 13.8 Å². The van der Waals surface area contributed by atoms with Crippen LogP contribution in [0.3, 0.4) is 0 Å². The fraction of sp³-hybridized carbons (Fsp3) is 0.812. The normalized spacial score (nSPS) is 25.6. The molecular weight excluding hydrogens is 280 g/mol. The Morgan fingerprint density at radius 1 is 1.33 bits per heavy atom. The molecule has 1 aliphatic heterocycles. The second kappa shape index (κ2) is 6.63. The third-order valence-corrected chi connectivity index (χ3v) is 6.25. The Labute approximate surface area is 132 Å². The zero-order valence-electron chi connectivity index (χ0n) is 13.6. The van der Waals surface area contributed by atoms with Gasteiger partial charge in [-0.05, 0) is 45.8 Å². The topological polar surface area (TPSA) is 31.4 Å². The van der Waals surface area contributed by atoms with Gasteiger partial charge >= 0.3 is 0 Å². The van der Waals surface area contributed by atoms with E-state index in [1.807, 2.05) is 11.3 Å². The monoisotopic (exact) mass is 308 g/mol. The summed E-state index contributed by atoms with van der Waals surface area (Å²) in [6.45, 7) is 9.17. The fourth-order valence-electron chi connectivity index (χ4n) is 3.78. The quantitative estimate of drug-likeness (QED) is 0.906. The van der Waals surface area contributed by atoms with E-state index in [-0.39, 0.29) is 0 Å². The van der Waals surface area contributed by atoms with Gasteiger partial charge in [0.2, 0.25) is 0 Å². The Kier molecular flexibility index (Phi) is 4.82. The average Bonchev–Trinajstić information content (AvgIpc) is 3.14. The lowest BCUT2D eigenvalue weighted by molar-refractivity contribution is 0.232. The van der Waals surface area contributed by atoms with E-state index in [9.17, 15) is 0 Å². The number of anilines is 1. The van der Waals surface area contributed by atoms with Crippen molar-refractivity contribution in [2.24, 2.45) is 0 Å². The van der Waals surface area contributed by atoms with Crippen LogP contribution in [0.4, 0.5) is 5.13 Å². The number of nitrogens with zero attached hydrogens (tertiary/aromatic N) is 3. The molecule has 1 aromatic heterocycles. The summed E-state index contributed by atoms with van der Waals surface area (Å²) < 4.78 is 0. The van der Waals surface area contributed by atoms with Gasteiger partial charge < -0.3 is 10.2 Å². The van der Waals surface area contributed by atoms with Gasteiger partial charge in [0.15, 0.2) is 5.13 Å². The fourth-order valence-corrected chi connectivity index (χ4v) is 4.97. The van der Waals surface area contributed by atoms with Gasteiger partial charge in [-0.2, -0.15) is 0 Å². The summed E-state index contributed by atoms with van der Waals surface area (Å²) in [7, 11) is 2.06. The molecule has 0 bridgehead atoms. The van der Waals surface area contributed by atoms with E-state index in [1.165, 1.54) is 41.4 Å². The van der Waals surface area contributed by atoms with Gasteiger partial charge in [0.25, 0.3) is 0 Å². The highest BCUT2D eigenvalue weighted by Crippen LogP contribution is 2.37. The Morgan fingerprint density at radius 3 is 2.86 bits per heavy atom. The molecule has 0 radical (unpaired) electrons. The first-order valence-corrected chi connectivity index (χ1v) is 9.24. The standard InChI is InChI=1S/C16H28N4S/c1-4-19(5-2)12-9-10-20(11-12)16-18-15-13(17-3)7-6-8-14(15)21-16/h12-13,17H,4-11H2,1-3H3. The van der Waals surface area contributed by atoms with Gasteiger partial charge in [0, 0.05) is 24.0 Å². The summed E-state index contributed by atoms with van der Waals surface area (Å²) in [6.07, 6.45) is 5.02. The van der Waals surface area contributed by atoms with Crippen LogP contribution in [-0.4, -0.2) is 49.2 Å². The summed E-state index contributed by atoms with van der Waals surface area (Å²) in [5.41, 5.74) is 1.33. The molecule has 0 aromatic carbocycles. The second-order valence-electron chi connectivity index (χ2n) is 6.15. The zero-order valence-corrected chi connectivity index (χ0v) is 14.4. The number of fused-ring (bicyclic) bond motifs is 1. The molecule has 2 aliphatic rings. The minimum absolute atomic E-state index is 0.472.